The lowest BCUT2D eigenvalue weighted by molar-refractivity contribution is 0.0966. The van der Waals surface area contributed by atoms with E-state index in [1.165, 1.54) is 33.0 Å². The molecule has 6 aliphatic carbocycles. The predicted molar refractivity (Wildman–Crippen MR) is 306 cm³/mol. The van der Waals surface area contributed by atoms with Gasteiger partial charge < -0.3 is 8.97 Å². The molecule has 3 heterocycles. The molecule has 0 saturated heterocycles. The summed E-state index contributed by atoms with van der Waals surface area (Å²) in [5.41, 5.74) is 23.8. The summed E-state index contributed by atoms with van der Waals surface area (Å²) in [4.78, 5) is 31.2. The number of carbonyl (C=O) groups is 2. The Labute approximate surface area is 436 Å². The molecule has 0 spiro atoms. The molecule has 76 heavy (non-hydrogen) atoms. The van der Waals surface area contributed by atoms with E-state index in [-0.39, 0.29) is 23.4 Å². The molecular weight excluding hydrogens is 925 g/mol. The second-order valence-corrected chi connectivity index (χ2v) is 21.6. The van der Waals surface area contributed by atoms with Crippen molar-refractivity contribution >= 4 is 71.5 Å². The van der Waals surface area contributed by atoms with E-state index in [0.29, 0.717) is 0 Å². The highest BCUT2D eigenvalue weighted by atomic mass is 16.1. The van der Waals surface area contributed by atoms with Crippen LogP contribution in [0.15, 0.2) is 231 Å². The molecule has 4 bridgehead atoms. The SMILES string of the molecule is O=C1c2cc3c(cc2C2c4ccccc4C1c1ccccc12)c1cc(-n2c4c(-c5ccccc5)cccc4c4cccc(-c5ccccc5)c42)cc2c4cc5c(cc4n3c12)C(=O)C1c2ccccc2C5c2ccccc21. The maximum atomic E-state index is 15.6. The highest BCUT2D eigenvalue weighted by Gasteiger charge is 2.45. The third-order valence-corrected chi connectivity index (χ3v) is 18.1. The number of ketones is 2. The molecule has 4 heteroatoms. The van der Waals surface area contributed by atoms with Crippen molar-refractivity contribution < 1.29 is 9.59 Å². The number of carbonyl (C=O) groups excluding carboxylic acids is 2. The number of benzene rings is 11. The van der Waals surface area contributed by atoms with Crippen molar-refractivity contribution in [2.24, 2.45) is 0 Å². The summed E-state index contributed by atoms with van der Waals surface area (Å²) in [6.07, 6.45) is 0. The minimum Gasteiger partial charge on any atom is -0.308 e. The largest absolute Gasteiger partial charge is 0.308 e. The van der Waals surface area contributed by atoms with E-state index in [9.17, 15) is 0 Å². The van der Waals surface area contributed by atoms with Crippen molar-refractivity contribution in [1.82, 2.24) is 8.97 Å². The molecule has 6 aliphatic rings. The molecule has 0 saturated carbocycles. The first-order chi connectivity index (χ1) is 37.6. The van der Waals surface area contributed by atoms with E-state index in [1.807, 2.05) is 0 Å². The topological polar surface area (TPSA) is 43.5 Å². The fraction of sp³-hybridized carbons (Fsp3) is 0.0556. The number of hydrogen-bond donors (Lipinski definition) is 0. The van der Waals surface area contributed by atoms with Crippen molar-refractivity contribution in [3.63, 3.8) is 0 Å². The Bertz CT molecular complexity index is 4540. The lowest BCUT2D eigenvalue weighted by atomic mass is 9.72. The number of fused-ring (bicyclic) bond motifs is 9. The fourth-order valence-electron chi connectivity index (χ4n) is 15.1. The van der Waals surface area contributed by atoms with Gasteiger partial charge in [-0.2, -0.15) is 0 Å². The minimum atomic E-state index is -0.403. The Hall–Kier alpha value is -9.64. The lowest BCUT2D eigenvalue weighted by Crippen LogP contribution is -2.19. The van der Waals surface area contributed by atoms with E-state index < -0.39 is 11.8 Å². The van der Waals surface area contributed by atoms with Crippen molar-refractivity contribution in [2.45, 2.75) is 23.7 Å². The van der Waals surface area contributed by atoms with Gasteiger partial charge in [0, 0.05) is 72.1 Å². The highest BCUT2D eigenvalue weighted by molar-refractivity contribution is 6.27. The Morgan fingerprint density at radius 2 is 0.618 bits per heavy atom. The number of para-hydroxylation sites is 2. The Kier molecular flexibility index (Phi) is 7.82. The lowest BCUT2D eigenvalue weighted by Gasteiger charge is -2.30. The van der Waals surface area contributed by atoms with Crippen LogP contribution in [0.3, 0.4) is 0 Å². The zero-order valence-electron chi connectivity index (χ0n) is 41.0. The Balaban J connectivity index is 1.02. The van der Waals surface area contributed by atoms with Crippen LogP contribution in [-0.2, 0) is 0 Å². The van der Waals surface area contributed by atoms with Gasteiger partial charge in [-0.3, -0.25) is 9.59 Å². The molecule has 0 fully saturated rings. The average Bonchev–Trinajstić information content (AvgIpc) is 4.18. The van der Waals surface area contributed by atoms with E-state index in [4.69, 9.17) is 0 Å². The summed E-state index contributed by atoms with van der Waals surface area (Å²) >= 11 is 0. The van der Waals surface area contributed by atoms with Crippen LogP contribution in [0.25, 0.3) is 87.8 Å². The number of aromatic nitrogens is 2. The van der Waals surface area contributed by atoms with Gasteiger partial charge in [-0.1, -0.05) is 194 Å². The number of rotatable bonds is 3. The normalized spacial score (nSPS) is 17.8. The second kappa shape index (κ2) is 14.6. The summed E-state index contributed by atoms with van der Waals surface area (Å²) in [6.45, 7) is 0. The zero-order valence-corrected chi connectivity index (χ0v) is 41.0. The summed E-state index contributed by atoms with van der Waals surface area (Å²) in [7, 11) is 0. The van der Waals surface area contributed by atoms with E-state index in [2.05, 4.69) is 239 Å². The van der Waals surface area contributed by atoms with Gasteiger partial charge in [0.25, 0.3) is 0 Å². The molecule has 0 aliphatic heterocycles. The van der Waals surface area contributed by atoms with Gasteiger partial charge in [0.15, 0.2) is 11.6 Å². The second-order valence-electron chi connectivity index (χ2n) is 21.6. The van der Waals surface area contributed by atoms with Crippen molar-refractivity contribution in [3.8, 4) is 27.9 Å². The van der Waals surface area contributed by atoms with E-state index in [1.54, 1.807) is 0 Å². The first-order valence-corrected chi connectivity index (χ1v) is 26.5. The molecule has 352 valence electrons. The van der Waals surface area contributed by atoms with Crippen molar-refractivity contribution in [2.75, 3.05) is 0 Å². The van der Waals surface area contributed by atoms with Gasteiger partial charge >= 0.3 is 0 Å². The van der Waals surface area contributed by atoms with Gasteiger partial charge in [0.1, 0.15) is 0 Å². The molecule has 4 nitrogen and oxygen atoms in total. The smallest absolute Gasteiger partial charge is 0.175 e. The van der Waals surface area contributed by atoms with Gasteiger partial charge in [-0.25, -0.2) is 0 Å². The quantitative estimate of drug-likeness (QED) is 0.177. The predicted octanol–water partition coefficient (Wildman–Crippen LogP) is 16.9. The number of nitrogens with zero attached hydrogens (tertiary/aromatic N) is 2. The first kappa shape index (κ1) is 40.8. The van der Waals surface area contributed by atoms with Crippen LogP contribution < -0.4 is 0 Å². The van der Waals surface area contributed by atoms with Gasteiger partial charge in [-0.15, -0.1) is 0 Å². The maximum absolute atomic E-state index is 15.6. The third-order valence-electron chi connectivity index (χ3n) is 18.1. The molecule has 14 aromatic rings. The number of Topliss-reactive ketones (excluding diaryl/α,β-unsaturated/α-hetero) is 2. The molecule has 0 atom stereocenters. The summed E-state index contributed by atoms with van der Waals surface area (Å²) in [6, 6.07) is 83.4. The number of hydrogen-bond acceptors (Lipinski definition) is 2. The van der Waals surface area contributed by atoms with Crippen molar-refractivity contribution in [3.05, 3.63) is 297 Å². The molecule has 0 radical (unpaired) electrons. The molecule has 0 N–H and O–H groups in total. The van der Waals surface area contributed by atoms with Gasteiger partial charge in [0.05, 0.1) is 39.4 Å². The highest BCUT2D eigenvalue weighted by Crippen LogP contribution is 2.56. The average molecular weight is 967 g/mol. The summed E-state index contributed by atoms with van der Waals surface area (Å²) in [5, 5.41) is 6.76. The minimum absolute atomic E-state index is 0.114. The monoisotopic (exact) mass is 966 g/mol. The molecule has 11 aromatic carbocycles. The van der Waals surface area contributed by atoms with E-state index >= 15 is 9.59 Å². The van der Waals surface area contributed by atoms with Crippen LogP contribution in [0.2, 0.25) is 0 Å². The Morgan fingerprint density at radius 3 is 1.00 bits per heavy atom. The van der Waals surface area contributed by atoms with Crippen LogP contribution >= 0.6 is 0 Å². The van der Waals surface area contributed by atoms with Gasteiger partial charge in [0.2, 0.25) is 0 Å². The van der Waals surface area contributed by atoms with E-state index in [0.717, 1.165) is 122 Å². The van der Waals surface area contributed by atoms with Crippen LogP contribution in [0.5, 0.6) is 0 Å². The standard InChI is InChI=1S/C72H42N2O2/c75-71-60-37-62-54(35-56(60)64-44-21-7-11-25-48(44)66(71)49-26-12-8-22-45(49)64)58-33-41(73-68-42(39-17-3-1-4-18-39)29-15-31-52(68)53-32-16-30-43(69(53)73)40-19-5-2-6-20-40)34-59-55-36-57-61(38-63(55)74(62)70(58)59)72(76)67-50-27-13-9-23-46(50)65(57)47-24-10-14-28-51(47)67/h1-38,64-67H. The summed E-state index contributed by atoms with van der Waals surface area (Å²) < 4.78 is 4.94. The van der Waals surface area contributed by atoms with Crippen LogP contribution in [0.1, 0.15) is 100 Å². The first-order valence-electron chi connectivity index (χ1n) is 26.5. The Morgan fingerprint density at radius 1 is 0.263 bits per heavy atom. The zero-order chi connectivity index (χ0) is 49.7. The molecular formula is C72H42N2O2. The fourth-order valence-corrected chi connectivity index (χ4v) is 15.1. The molecule has 20 rings (SSSR count). The van der Waals surface area contributed by atoms with Crippen LogP contribution in [0, 0.1) is 0 Å². The third kappa shape index (κ3) is 5.04. The molecule has 3 aromatic heterocycles. The molecule has 0 unspecified atom stereocenters. The maximum Gasteiger partial charge on any atom is 0.175 e. The van der Waals surface area contributed by atoms with Gasteiger partial charge in [-0.05, 0) is 103 Å². The summed E-state index contributed by atoms with van der Waals surface area (Å²) in [5.74, 6) is -0.774. The van der Waals surface area contributed by atoms with Crippen LogP contribution in [0.4, 0.5) is 0 Å². The van der Waals surface area contributed by atoms with Crippen molar-refractivity contribution in [1.29, 1.82) is 0 Å². The van der Waals surface area contributed by atoms with Crippen LogP contribution in [-0.4, -0.2) is 20.5 Å². The molecule has 0 amide bonds.